The Kier molecular flexibility index (Phi) is 6.58. The van der Waals surface area contributed by atoms with Crippen molar-refractivity contribution in [2.75, 3.05) is 47.1 Å². The quantitative estimate of drug-likeness (QED) is 0.588. The second kappa shape index (κ2) is 9.38. The molecule has 32 heavy (non-hydrogen) atoms. The number of para-hydroxylation sites is 2. The first kappa shape index (κ1) is 22.4. The Bertz CT molecular complexity index is 927. The summed E-state index contributed by atoms with van der Waals surface area (Å²) < 4.78 is 22.9. The zero-order valence-electron chi connectivity index (χ0n) is 19.2. The second-order valence-corrected chi connectivity index (χ2v) is 8.76. The summed E-state index contributed by atoms with van der Waals surface area (Å²) in [6.45, 7) is 8.06. The predicted octanol–water partition coefficient (Wildman–Crippen LogP) is 3.15. The van der Waals surface area contributed by atoms with E-state index in [-0.39, 0.29) is 17.5 Å². The molecule has 0 aromatic heterocycles. The molecule has 2 heterocycles. The van der Waals surface area contributed by atoms with Gasteiger partial charge in [-0.05, 0) is 32.0 Å². The standard InChI is InChI=1S/C25H32N2O5/c1-25(2,26-13-15-31-16-14-26)17-27-21(19-11-8-12-20(29-3)22(19)30-4)23(24(27)28)32-18-9-6-5-7-10-18/h5-12,21,23H,13-17H2,1-4H3/t21-,23-/m0/s1. The maximum atomic E-state index is 13.4. The Morgan fingerprint density at radius 2 is 1.72 bits per heavy atom. The highest BCUT2D eigenvalue weighted by molar-refractivity contribution is 5.90. The number of carbonyl (C=O) groups excluding carboxylic acids is 1. The summed E-state index contributed by atoms with van der Waals surface area (Å²) in [5.74, 6) is 1.91. The van der Waals surface area contributed by atoms with Crippen LogP contribution < -0.4 is 14.2 Å². The van der Waals surface area contributed by atoms with E-state index in [0.717, 1.165) is 18.7 Å². The summed E-state index contributed by atoms with van der Waals surface area (Å²) in [6.07, 6.45) is -0.626. The summed E-state index contributed by atoms with van der Waals surface area (Å²) >= 11 is 0. The topological polar surface area (TPSA) is 60.5 Å². The van der Waals surface area contributed by atoms with Crippen molar-refractivity contribution in [2.45, 2.75) is 31.5 Å². The highest BCUT2D eigenvalue weighted by Crippen LogP contribution is 2.45. The zero-order valence-corrected chi connectivity index (χ0v) is 19.2. The fourth-order valence-corrected chi connectivity index (χ4v) is 4.62. The van der Waals surface area contributed by atoms with Gasteiger partial charge in [0.1, 0.15) is 11.8 Å². The Balaban J connectivity index is 1.66. The van der Waals surface area contributed by atoms with Crippen LogP contribution in [0.4, 0.5) is 0 Å². The van der Waals surface area contributed by atoms with Crippen molar-refractivity contribution < 1.29 is 23.7 Å². The van der Waals surface area contributed by atoms with Gasteiger partial charge in [-0.15, -0.1) is 0 Å². The van der Waals surface area contributed by atoms with Gasteiger partial charge < -0.3 is 23.8 Å². The van der Waals surface area contributed by atoms with Gasteiger partial charge in [-0.2, -0.15) is 0 Å². The van der Waals surface area contributed by atoms with Crippen LogP contribution in [0.15, 0.2) is 48.5 Å². The lowest BCUT2D eigenvalue weighted by molar-refractivity contribution is -0.168. The van der Waals surface area contributed by atoms with Crippen molar-refractivity contribution in [1.82, 2.24) is 9.80 Å². The Labute approximate surface area is 189 Å². The molecule has 2 aromatic carbocycles. The summed E-state index contributed by atoms with van der Waals surface area (Å²) in [7, 11) is 3.24. The molecule has 2 saturated heterocycles. The van der Waals surface area contributed by atoms with Crippen molar-refractivity contribution in [3.63, 3.8) is 0 Å². The van der Waals surface area contributed by atoms with Crippen LogP contribution in [0.3, 0.4) is 0 Å². The molecule has 4 rings (SSSR count). The lowest BCUT2D eigenvalue weighted by Gasteiger charge is -2.52. The van der Waals surface area contributed by atoms with Gasteiger partial charge in [0.15, 0.2) is 11.5 Å². The molecular formula is C25H32N2O5. The van der Waals surface area contributed by atoms with Gasteiger partial charge in [0.05, 0.1) is 27.4 Å². The van der Waals surface area contributed by atoms with Gasteiger partial charge in [0.2, 0.25) is 6.10 Å². The van der Waals surface area contributed by atoms with Crippen LogP contribution in [-0.4, -0.2) is 74.4 Å². The van der Waals surface area contributed by atoms with Gasteiger partial charge in [-0.3, -0.25) is 9.69 Å². The molecule has 0 bridgehead atoms. The summed E-state index contributed by atoms with van der Waals surface area (Å²) in [6, 6.07) is 14.9. The van der Waals surface area contributed by atoms with Gasteiger partial charge in [-0.25, -0.2) is 0 Å². The van der Waals surface area contributed by atoms with Crippen molar-refractivity contribution in [1.29, 1.82) is 0 Å². The molecule has 2 fully saturated rings. The third-order valence-corrected chi connectivity index (χ3v) is 6.33. The van der Waals surface area contributed by atoms with Gasteiger partial charge in [0.25, 0.3) is 5.91 Å². The number of ether oxygens (including phenoxy) is 4. The second-order valence-electron chi connectivity index (χ2n) is 8.76. The highest BCUT2D eigenvalue weighted by Gasteiger charge is 2.53. The Morgan fingerprint density at radius 3 is 2.38 bits per heavy atom. The van der Waals surface area contributed by atoms with E-state index in [0.29, 0.717) is 37.0 Å². The number of hydrogen-bond acceptors (Lipinski definition) is 6. The smallest absolute Gasteiger partial charge is 0.266 e. The van der Waals surface area contributed by atoms with E-state index in [1.807, 2.05) is 53.4 Å². The van der Waals surface area contributed by atoms with Crippen LogP contribution >= 0.6 is 0 Å². The number of amides is 1. The summed E-state index contributed by atoms with van der Waals surface area (Å²) in [5.41, 5.74) is 0.673. The monoisotopic (exact) mass is 440 g/mol. The number of nitrogens with zero attached hydrogens (tertiary/aromatic N) is 2. The first-order valence-corrected chi connectivity index (χ1v) is 11.0. The van der Waals surface area contributed by atoms with Crippen LogP contribution in [-0.2, 0) is 9.53 Å². The number of β-lactam (4-membered cyclic amide) rings is 1. The molecule has 2 atom stereocenters. The molecule has 0 aliphatic carbocycles. The van der Waals surface area contributed by atoms with Crippen molar-refractivity contribution in [2.24, 2.45) is 0 Å². The van der Waals surface area contributed by atoms with E-state index in [1.54, 1.807) is 14.2 Å². The fraction of sp³-hybridized carbons (Fsp3) is 0.480. The molecule has 1 amide bonds. The number of hydrogen-bond donors (Lipinski definition) is 0. The third kappa shape index (κ3) is 4.27. The number of rotatable bonds is 8. The molecule has 0 radical (unpaired) electrons. The van der Waals surface area contributed by atoms with Crippen molar-refractivity contribution in [3.8, 4) is 17.2 Å². The normalized spacial score (nSPS) is 21.8. The largest absolute Gasteiger partial charge is 0.493 e. The molecule has 0 unspecified atom stereocenters. The van der Waals surface area contributed by atoms with Crippen LogP contribution in [0.2, 0.25) is 0 Å². The average molecular weight is 441 g/mol. The van der Waals surface area contributed by atoms with E-state index in [4.69, 9.17) is 18.9 Å². The first-order valence-electron chi connectivity index (χ1n) is 11.0. The molecule has 0 spiro atoms. The Hall–Kier alpha value is -2.77. The van der Waals surface area contributed by atoms with Crippen molar-refractivity contribution >= 4 is 5.91 Å². The lowest BCUT2D eigenvalue weighted by atomic mass is 9.87. The number of benzene rings is 2. The Morgan fingerprint density at radius 1 is 1.00 bits per heavy atom. The molecule has 2 aromatic rings. The zero-order chi connectivity index (χ0) is 22.7. The van der Waals surface area contributed by atoms with E-state index in [1.165, 1.54) is 0 Å². The third-order valence-electron chi connectivity index (χ3n) is 6.33. The van der Waals surface area contributed by atoms with Crippen molar-refractivity contribution in [3.05, 3.63) is 54.1 Å². The molecule has 172 valence electrons. The molecule has 2 aliphatic heterocycles. The van der Waals surface area contributed by atoms with Crippen LogP contribution in [0, 0.1) is 0 Å². The van der Waals surface area contributed by atoms with Gasteiger partial charge in [0, 0.05) is 30.7 Å². The maximum absolute atomic E-state index is 13.4. The molecule has 0 N–H and O–H groups in total. The average Bonchev–Trinajstić information content (AvgIpc) is 2.83. The number of carbonyl (C=O) groups is 1. The lowest BCUT2D eigenvalue weighted by Crippen LogP contribution is -2.66. The molecule has 7 heteroatoms. The van der Waals surface area contributed by atoms with Crippen LogP contribution in [0.1, 0.15) is 25.5 Å². The molecule has 2 aliphatic rings. The summed E-state index contributed by atoms with van der Waals surface area (Å²) in [5, 5.41) is 0. The van der Waals surface area contributed by atoms with E-state index >= 15 is 0 Å². The molecule has 7 nitrogen and oxygen atoms in total. The minimum atomic E-state index is -0.626. The highest BCUT2D eigenvalue weighted by atomic mass is 16.5. The maximum Gasteiger partial charge on any atom is 0.266 e. The molecular weight excluding hydrogens is 408 g/mol. The minimum Gasteiger partial charge on any atom is -0.493 e. The van der Waals surface area contributed by atoms with E-state index in [2.05, 4.69) is 18.7 Å². The minimum absolute atomic E-state index is 0.0231. The molecule has 0 saturated carbocycles. The number of methoxy groups -OCH3 is 2. The summed E-state index contributed by atoms with van der Waals surface area (Å²) in [4.78, 5) is 17.6. The van der Waals surface area contributed by atoms with E-state index < -0.39 is 6.10 Å². The van der Waals surface area contributed by atoms with Crippen LogP contribution in [0.5, 0.6) is 17.2 Å². The SMILES string of the molecule is COc1cccc([C@H]2[C@H](Oc3ccccc3)C(=O)N2CC(C)(C)N2CCOCC2)c1OC. The van der Waals surface area contributed by atoms with Gasteiger partial charge in [-0.1, -0.05) is 30.3 Å². The van der Waals surface area contributed by atoms with E-state index in [9.17, 15) is 4.79 Å². The van der Waals surface area contributed by atoms with Gasteiger partial charge >= 0.3 is 0 Å². The van der Waals surface area contributed by atoms with Crippen LogP contribution in [0.25, 0.3) is 0 Å². The first-order chi connectivity index (χ1) is 15.5. The predicted molar refractivity (Wildman–Crippen MR) is 121 cm³/mol. The number of morpholine rings is 1. The fourth-order valence-electron chi connectivity index (χ4n) is 4.62. The number of likely N-dealkylation sites (tertiary alicyclic amines) is 1.